The fourth-order valence-corrected chi connectivity index (χ4v) is 2.92. The molecule has 0 fully saturated rings. The summed E-state index contributed by atoms with van der Waals surface area (Å²) in [4.78, 5) is 4.16. The summed E-state index contributed by atoms with van der Waals surface area (Å²) in [7, 11) is -3.81. The SMILES string of the molecule is Cc1ccc(S(=O)(=O)Oc2ccc3cnccc3c2)cc1. The predicted molar refractivity (Wildman–Crippen MR) is 80.7 cm³/mol. The fraction of sp³-hybridized carbons (Fsp3) is 0.0625. The molecule has 3 rings (SSSR count). The molecule has 0 aliphatic rings. The van der Waals surface area contributed by atoms with E-state index in [9.17, 15) is 8.42 Å². The standard InChI is InChI=1S/C16H13NO3S/c1-12-2-6-16(7-3-12)21(18,19)20-15-5-4-14-11-17-9-8-13(14)10-15/h2-11H,1H3. The molecular weight excluding hydrogens is 286 g/mol. The van der Waals surface area contributed by atoms with E-state index in [0.29, 0.717) is 0 Å². The molecule has 21 heavy (non-hydrogen) atoms. The third-order valence-electron chi connectivity index (χ3n) is 3.13. The predicted octanol–water partition coefficient (Wildman–Crippen LogP) is 3.31. The van der Waals surface area contributed by atoms with Gasteiger partial charge in [0.05, 0.1) is 0 Å². The Balaban J connectivity index is 1.95. The average Bonchev–Trinajstić information content (AvgIpc) is 2.47. The van der Waals surface area contributed by atoms with E-state index in [1.165, 1.54) is 12.1 Å². The van der Waals surface area contributed by atoms with Gasteiger partial charge < -0.3 is 4.18 Å². The van der Waals surface area contributed by atoms with Crippen LogP contribution in [0.5, 0.6) is 5.75 Å². The van der Waals surface area contributed by atoms with Crippen LogP contribution in [0, 0.1) is 6.92 Å². The second kappa shape index (κ2) is 5.18. The van der Waals surface area contributed by atoms with E-state index >= 15 is 0 Å². The third kappa shape index (κ3) is 2.87. The number of hydrogen-bond donors (Lipinski definition) is 0. The van der Waals surface area contributed by atoms with Gasteiger partial charge in [-0.25, -0.2) is 0 Å². The molecule has 1 aromatic heterocycles. The van der Waals surface area contributed by atoms with E-state index in [-0.39, 0.29) is 10.6 Å². The molecule has 0 bridgehead atoms. The maximum atomic E-state index is 12.2. The van der Waals surface area contributed by atoms with Gasteiger partial charge in [-0.2, -0.15) is 8.42 Å². The molecule has 106 valence electrons. The lowest BCUT2D eigenvalue weighted by molar-refractivity contribution is 0.486. The van der Waals surface area contributed by atoms with Crippen molar-refractivity contribution in [3.05, 3.63) is 66.5 Å². The molecule has 0 spiro atoms. The Bertz CT molecular complexity index is 887. The quantitative estimate of drug-likeness (QED) is 0.696. The van der Waals surface area contributed by atoms with Crippen LogP contribution in [-0.4, -0.2) is 13.4 Å². The largest absolute Gasteiger partial charge is 0.379 e. The highest BCUT2D eigenvalue weighted by molar-refractivity contribution is 7.87. The topological polar surface area (TPSA) is 56.3 Å². The Labute approximate surface area is 123 Å². The highest BCUT2D eigenvalue weighted by Crippen LogP contribution is 2.23. The van der Waals surface area contributed by atoms with Gasteiger partial charge in [0.1, 0.15) is 10.6 Å². The summed E-state index contributed by atoms with van der Waals surface area (Å²) in [5.41, 5.74) is 0.993. The molecule has 0 atom stereocenters. The molecule has 0 saturated heterocycles. The van der Waals surface area contributed by atoms with Gasteiger partial charge in [-0.05, 0) is 48.7 Å². The molecule has 4 nitrogen and oxygen atoms in total. The summed E-state index contributed by atoms with van der Waals surface area (Å²) >= 11 is 0. The molecule has 0 N–H and O–H groups in total. The van der Waals surface area contributed by atoms with E-state index in [1.54, 1.807) is 48.8 Å². The first-order valence-corrected chi connectivity index (χ1v) is 7.80. The maximum absolute atomic E-state index is 12.2. The van der Waals surface area contributed by atoms with Crippen LogP contribution in [0.15, 0.2) is 65.8 Å². The lowest BCUT2D eigenvalue weighted by Gasteiger charge is -2.08. The number of benzene rings is 2. The van der Waals surface area contributed by atoms with Gasteiger partial charge in [0.2, 0.25) is 0 Å². The van der Waals surface area contributed by atoms with Crippen molar-refractivity contribution in [2.45, 2.75) is 11.8 Å². The second-order valence-electron chi connectivity index (χ2n) is 4.74. The van der Waals surface area contributed by atoms with Crippen LogP contribution in [0.1, 0.15) is 5.56 Å². The number of aromatic nitrogens is 1. The maximum Gasteiger partial charge on any atom is 0.339 e. The fourth-order valence-electron chi connectivity index (χ4n) is 1.99. The number of nitrogens with zero attached hydrogens (tertiary/aromatic N) is 1. The Morgan fingerprint density at radius 3 is 2.48 bits per heavy atom. The number of pyridine rings is 1. The molecule has 0 saturated carbocycles. The highest BCUT2D eigenvalue weighted by atomic mass is 32.2. The minimum absolute atomic E-state index is 0.142. The molecule has 0 amide bonds. The monoisotopic (exact) mass is 299 g/mol. The van der Waals surface area contributed by atoms with E-state index < -0.39 is 10.1 Å². The van der Waals surface area contributed by atoms with Crippen molar-refractivity contribution in [1.82, 2.24) is 4.98 Å². The molecule has 0 unspecified atom stereocenters. The molecule has 5 heteroatoms. The lowest BCUT2D eigenvalue weighted by Crippen LogP contribution is -2.09. The van der Waals surface area contributed by atoms with Crippen LogP contribution in [-0.2, 0) is 10.1 Å². The zero-order valence-electron chi connectivity index (χ0n) is 11.4. The summed E-state index contributed by atoms with van der Waals surface area (Å²) in [6, 6.07) is 13.4. The number of rotatable bonds is 3. The second-order valence-corrected chi connectivity index (χ2v) is 6.28. The van der Waals surface area contributed by atoms with Crippen molar-refractivity contribution in [3.63, 3.8) is 0 Å². The molecule has 3 aromatic rings. The molecular formula is C16H13NO3S. The van der Waals surface area contributed by atoms with Crippen molar-refractivity contribution in [3.8, 4) is 5.75 Å². The van der Waals surface area contributed by atoms with E-state index in [4.69, 9.17) is 4.18 Å². The molecule has 0 aliphatic heterocycles. The van der Waals surface area contributed by atoms with Crippen LogP contribution in [0.25, 0.3) is 10.8 Å². The summed E-state index contributed by atoms with van der Waals surface area (Å²) in [6.07, 6.45) is 3.37. The Morgan fingerprint density at radius 1 is 0.952 bits per heavy atom. The number of fused-ring (bicyclic) bond motifs is 1. The Morgan fingerprint density at radius 2 is 1.71 bits per heavy atom. The van der Waals surface area contributed by atoms with Gasteiger partial charge in [0, 0.05) is 17.8 Å². The van der Waals surface area contributed by atoms with Gasteiger partial charge in [-0.15, -0.1) is 0 Å². The van der Waals surface area contributed by atoms with Gasteiger partial charge in [0.15, 0.2) is 0 Å². The third-order valence-corrected chi connectivity index (χ3v) is 4.39. The Hall–Kier alpha value is -2.40. The Kier molecular flexibility index (Phi) is 3.35. The van der Waals surface area contributed by atoms with Crippen LogP contribution < -0.4 is 4.18 Å². The van der Waals surface area contributed by atoms with Gasteiger partial charge >= 0.3 is 10.1 Å². The first kappa shape index (κ1) is 13.6. The summed E-state index contributed by atoms with van der Waals surface area (Å²) < 4.78 is 29.6. The summed E-state index contributed by atoms with van der Waals surface area (Å²) in [5, 5.41) is 1.80. The van der Waals surface area contributed by atoms with Crippen LogP contribution in [0.3, 0.4) is 0 Å². The number of aryl methyl sites for hydroxylation is 1. The van der Waals surface area contributed by atoms with Crippen molar-refractivity contribution < 1.29 is 12.6 Å². The molecule has 0 radical (unpaired) electrons. The molecule has 2 aromatic carbocycles. The zero-order chi connectivity index (χ0) is 14.9. The van der Waals surface area contributed by atoms with Crippen LogP contribution >= 0.6 is 0 Å². The lowest BCUT2D eigenvalue weighted by atomic mass is 10.2. The van der Waals surface area contributed by atoms with E-state index in [2.05, 4.69) is 4.98 Å². The van der Waals surface area contributed by atoms with Crippen LogP contribution in [0.4, 0.5) is 0 Å². The van der Waals surface area contributed by atoms with Crippen molar-refractivity contribution in [2.75, 3.05) is 0 Å². The molecule has 1 heterocycles. The average molecular weight is 299 g/mol. The van der Waals surface area contributed by atoms with E-state index in [0.717, 1.165) is 16.3 Å². The summed E-state index contributed by atoms with van der Waals surface area (Å²) in [6.45, 7) is 1.90. The smallest absolute Gasteiger partial charge is 0.339 e. The minimum Gasteiger partial charge on any atom is -0.379 e. The first-order valence-electron chi connectivity index (χ1n) is 6.39. The number of hydrogen-bond acceptors (Lipinski definition) is 4. The van der Waals surface area contributed by atoms with Gasteiger partial charge in [-0.1, -0.05) is 17.7 Å². The van der Waals surface area contributed by atoms with Crippen molar-refractivity contribution in [1.29, 1.82) is 0 Å². The van der Waals surface area contributed by atoms with Gasteiger partial charge in [0.25, 0.3) is 0 Å². The highest BCUT2D eigenvalue weighted by Gasteiger charge is 2.16. The zero-order valence-corrected chi connectivity index (χ0v) is 12.2. The van der Waals surface area contributed by atoms with Crippen LogP contribution in [0.2, 0.25) is 0 Å². The van der Waals surface area contributed by atoms with Crippen molar-refractivity contribution in [2.24, 2.45) is 0 Å². The normalized spacial score (nSPS) is 11.5. The first-order chi connectivity index (χ1) is 10.0. The van der Waals surface area contributed by atoms with Gasteiger partial charge in [-0.3, -0.25) is 4.98 Å². The van der Waals surface area contributed by atoms with E-state index in [1.807, 2.05) is 6.92 Å². The van der Waals surface area contributed by atoms with Crippen molar-refractivity contribution >= 4 is 20.9 Å². The molecule has 0 aliphatic carbocycles. The minimum atomic E-state index is -3.81. The summed E-state index contributed by atoms with van der Waals surface area (Å²) in [5.74, 6) is 0.286.